The van der Waals surface area contributed by atoms with Gasteiger partial charge in [0, 0.05) is 19.5 Å². The van der Waals surface area contributed by atoms with Gasteiger partial charge in [-0.3, -0.25) is 0 Å². The summed E-state index contributed by atoms with van der Waals surface area (Å²) < 4.78 is 7.35. The smallest absolute Gasteiger partial charge is 0.180 e. The first-order valence-electron chi connectivity index (χ1n) is 6.16. The number of nitrogens with one attached hydrogen (secondary N) is 1. The summed E-state index contributed by atoms with van der Waals surface area (Å²) in [6.45, 7) is 0. The molecule has 1 saturated carbocycles. The lowest BCUT2D eigenvalue weighted by Gasteiger charge is -2.20. The fourth-order valence-electron chi connectivity index (χ4n) is 2.60. The molecule has 2 aromatic heterocycles. The molecular formula is C12H17N5O. The van der Waals surface area contributed by atoms with Crippen LogP contribution in [0.5, 0.6) is 0 Å². The molecule has 2 aromatic rings. The molecule has 2 atom stereocenters. The van der Waals surface area contributed by atoms with Crippen molar-refractivity contribution in [2.45, 2.75) is 31.4 Å². The summed E-state index contributed by atoms with van der Waals surface area (Å²) in [5, 5.41) is 3.41. The minimum absolute atomic E-state index is 0.239. The van der Waals surface area contributed by atoms with Crippen molar-refractivity contribution in [1.29, 1.82) is 0 Å². The van der Waals surface area contributed by atoms with E-state index in [0.29, 0.717) is 5.82 Å². The Morgan fingerprint density at radius 3 is 3.22 bits per heavy atom. The number of nitrogens with zero attached hydrogens (tertiary/aromatic N) is 3. The quantitative estimate of drug-likeness (QED) is 0.854. The first-order valence-corrected chi connectivity index (χ1v) is 6.16. The van der Waals surface area contributed by atoms with Crippen LogP contribution < -0.4 is 11.1 Å². The summed E-state index contributed by atoms with van der Waals surface area (Å²) >= 11 is 0. The fraction of sp³-hybridized carbons (Fsp3) is 0.500. The van der Waals surface area contributed by atoms with E-state index < -0.39 is 0 Å². The van der Waals surface area contributed by atoms with Crippen LogP contribution in [0.15, 0.2) is 18.6 Å². The van der Waals surface area contributed by atoms with E-state index in [-0.39, 0.29) is 12.1 Å². The van der Waals surface area contributed by atoms with Crippen LogP contribution in [-0.4, -0.2) is 33.6 Å². The van der Waals surface area contributed by atoms with Crippen molar-refractivity contribution >= 4 is 17.3 Å². The molecule has 6 nitrogen and oxygen atoms in total. The molecule has 3 rings (SSSR count). The minimum atomic E-state index is 0.239. The number of methoxy groups -OCH3 is 1. The molecule has 1 fully saturated rings. The molecule has 96 valence electrons. The fourth-order valence-corrected chi connectivity index (χ4v) is 2.60. The van der Waals surface area contributed by atoms with Gasteiger partial charge in [0.05, 0.1) is 18.3 Å². The number of nitrogen functional groups attached to an aromatic ring is 1. The second kappa shape index (κ2) is 4.45. The highest BCUT2D eigenvalue weighted by Crippen LogP contribution is 2.26. The van der Waals surface area contributed by atoms with Crippen LogP contribution in [-0.2, 0) is 4.74 Å². The predicted molar refractivity (Wildman–Crippen MR) is 69.5 cm³/mol. The molecule has 0 saturated heterocycles. The highest BCUT2D eigenvalue weighted by molar-refractivity contribution is 5.65. The van der Waals surface area contributed by atoms with Crippen molar-refractivity contribution in [3.63, 3.8) is 0 Å². The second-order valence-corrected chi connectivity index (χ2v) is 4.63. The number of nitrogens with two attached hydrogens (primary N) is 1. The lowest BCUT2D eigenvalue weighted by atomic mass is 10.2. The summed E-state index contributed by atoms with van der Waals surface area (Å²) in [6.07, 6.45) is 8.94. The Morgan fingerprint density at radius 2 is 2.39 bits per heavy atom. The Morgan fingerprint density at radius 1 is 1.50 bits per heavy atom. The Hall–Kier alpha value is -1.82. The Bertz CT molecular complexity index is 552. The zero-order valence-electron chi connectivity index (χ0n) is 10.3. The molecule has 3 N–H and O–H groups in total. The normalized spacial score (nSPS) is 23.6. The van der Waals surface area contributed by atoms with Crippen molar-refractivity contribution in [2.75, 3.05) is 18.2 Å². The molecule has 0 spiro atoms. The van der Waals surface area contributed by atoms with E-state index in [2.05, 4.69) is 15.3 Å². The Balaban J connectivity index is 1.92. The van der Waals surface area contributed by atoms with Gasteiger partial charge in [-0.1, -0.05) is 0 Å². The maximum Gasteiger partial charge on any atom is 0.180 e. The molecule has 0 amide bonds. The monoisotopic (exact) mass is 247 g/mol. The first-order chi connectivity index (χ1) is 8.78. The maximum absolute atomic E-state index is 5.79. The van der Waals surface area contributed by atoms with Gasteiger partial charge >= 0.3 is 0 Å². The van der Waals surface area contributed by atoms with Crippen LogP contribution in [0, 0.1) is 0 Å². The zero-order valence-corrected chi connectivity index (χ0v) is 10.3. The summed E-state index contributed by atoms with van der Waals surface area (Å²) in [5.74, 6) is 1.21. The number of imidazole rings is 1. The van der Waals surface area contributed by atoms with Crippen LogP contribution in [0.2, 0.25) is 0 Å². The third-order valence-electron chi connectivity index (χ3n) is 3.47. The van der Waals surface area contributed by atoms with Crippen molar-refractivity contribution in [1.82, 2.24) is 14.4 Å². The molecule has 1 aliphatic carbocycles. The van der Waals surface area contributed by atoms with Crippen molar-refractivity contribution in [2.24, 2.45) is 0 Å². The van der Waals surface area contributed by atoms with Gasteiger partial charge in [-0.15, -0.1) is 0 Å². The molecule has 18 heavy (non-hydrogen) atoms. The van der Waals surface area contributed by atoms with Gasteiger partial charge in [-0.25, -0.2) is 9.97 Å². The standard InChI is InChI=1S/C12H17N5O/c1-18-9-4-2-3-8(9)15-11-12-14-5-6-17(12)7-10(13)16-11/h5-9H,2-4,13H2,1H3,(H,15,16). The molecule has 6 heteroatoms. The van der Waals surface area contributed by atoms with Crippen molar-refractivity contribution in [3.8, 4) is 0 Å². The molecule has 0 bridgehead atoms. The lowest BCUT2D eigenvalue weighted by molar-refractivity contribution is 0.101. The van der Waals surface area contributed by atoms with Crippen LogP contribution in [0.4, 0.5) is 11.6 Å². The molecule has 0 aromatic carbocycles. The van der Waals surface area contributed by atoms with Gasteiger partial charge in [0.2, 0.25) is 0 Å². The maximum atomic E-state index is 5.79. The van der Waals surface area contributed by atoms with Crippen LogP contribution in [0.25, 0.3) is 5.65 Å². The van der Waals surface area contributed by atoms with E-state index in [0.717, 1.165) is 24.3 Å². The molecule has 2 heterocycles. The summed E-state index contributed by atoms with van der Waals surface area (Å²) in [6, 6.07) is 0.282. The van der Waals surface area contributed by atoms with E-state index in [9.17, 15) is 0 Å². The number of anilines is 2. The topological polar surface area (TPSA) is 77.5 Å². The average molecular weight is 247 g/mol. The molecule has 0 radical (unpaired) electrons. The molecule has 2 unspecified atom stereocenters. The first kappa shape index (κ1) is 11.3. The van der Waals surface area contributed by atoms with Crippen LogP contribution in [0.1, 0.15) is 19.3 Å². The summed E-state index contributed by atoms with van der Waals surface area (Å²) in [7, 11) is 1.75. The Kier molecular flexibility index (Phi) is 2.79. The van der Waals surface area contributed by atoms with E-state index in [4.69, 9.17) is 10.5 Å². The number of aromatic nitrogens is 3. The molecule has 0 aliphatic heterocycles. The largest absolute Gasteiger partial charge is 0.382 e. The summed E-state index contributed by atoms with van der Waals surface area (Å²) in [4.78, 5) is 8.63. The van der Waals surface area contributed by atoms with Gasteiger partial charge in [0.25, 0.3) is 0 Å². The van der Waals surface area contributed by atoms with Gasteiger partial charge in [-0.2, -0.15) is 0 Å². The zero-order chi connectivity index (χ0) is 12.5. The van der Waals surface area contributed by atoms with E-state index in [1.54, 1.807) is 19.5 Å². The highest BCUT2D eigenvalue weighted by atomic mass is 16.5. The number of hydrogen-bond acceptors (Lipinski definition) is 5. The lowest BCUT2D eigenvalue weighted by Crippen LogP contribution is -2.30. The van der Waals surface area contributed by atoms with Crippen molar-refractivity contribution < 1.29 is 4.74 Å². The Labute approximate surface area is 105 Å². The average Bonchev–Trinajstić information content (AvgIpc) is 2.96. The molecule has 1 aliphatic rings. The third kappa shape index (κ3) is 1.88. The number of rotatable bonds is 3. The van der Waals surface area contributed by atoms with E-state index >= 15 is 0 Å². The van der Waals surface area contributed by atoms with Crippen molar-refractivity contribution in [3.05, 3.63) is 18.6 Å². The summed E-state index contributed by atoms with van der Waals surface area (Å²) in [5.41, 5.74) is 6.59. The number of hydrogen-bond donors (Lipinski definition) is 2. The third-order valence-corrected chi connectivity index (χ3v) is 3.47. The van der Waals surface area contributed by atoms with Gasteiger partial charge < -0.3 is 20.2 Å². The van der Waals surface area contributed by atoms with E-state index in [1.807, 2.05) is 10.6 Å². The SMILES string of the molecule is COC1CCCC1Nc1nc(N)cn2ccnc12. The van der Waals surface area contributed by atoms with Crippen LogP contribution in [0.3, 0.4) is 0 Å². The highest BCUT2D eigenvalue weighted by Gasteiger charge is 2.27. The number of ether oxygens (including phenoxy) is 1. The number of fused-ring (bicyclic) bond motifs is 1. The van der Waals surface area contributed by atoms with Gasteiger partial charge in [0.15, 0.2) is 11.5 Å². The van der Waals surface area contributed by atoms with E-state index in [1.165, 1.54) is 6.42 Å². The predicted octanol–water partition coefficient (Wildman–Crippen LogP) is 1.29. The molecular weight excluding hydrogens is 230 g/mol. The second-order valence-electron chi connectivity index (χ2n) is 4.63. The van der Waals surface area contributed by atoms with Crippen LogP contribution >= 0.6 is 0 Å². The van der Waals surface area contributed by atoms with Gasteiger partial charge in [0.1, 0.15) is 5.82 Å². The minimum Gasteiger partial charge on any atom is -0.382 e. The van der Waals surface area contributed by atoms with Gasteiger partial charge in [-0.05, 0) is 19.3 Å².